The van der Waals surface area contributed by atoms with Gasteiger partial charge in [0, 0.05) is 13.3 Å². The van der Waals surface area contributed by atoms with Crippen molar-refractivity contribution in [1.29, 1.82) is 0 Å². The van der Waals surface area contributed by atoms with Gasteiger partial charge in [0.25, 0.3) is 0 Å². The molecule has 0 aliphatic rings. The van der Waals surface area contributed by atoms with Crippen LogP contribution in [0.2, 0.25) is 0 Å². The van der Waals surface area contributed by atoms with Crippen molar-refractivity contribution in [2.24, 2.45) is 5.73 Å². The molecule has 0 atom stereocenters. The number of hydrogen-bond acceptors (Lipinski definition) is 6. The molecule has 4 N–H and O–H groups in total. The van der Waals surface area contributed by atoms with Gasteiger partial charge < -0.3 is 19.6 Å². The van der Waals surface area contributed by atoms with Crippen molar-refractivity contribution >= 4 is 13.8 Å². The minimum atomic E-state index is -4.50. The Balaban J connectivity index is 0.000000438. The molecule has 1 rings (SSSR count). The van der Waals surface area contributed by atoms with E-state index in [2.05, 4.69) is 30.8 Å². The molecule has 1 aromatic heterocycles. The summed E-state index contributed by atoms with van der Waals surface area (Å²) < 4.78 is 21.0. The number of quaternary nitrogens is 1. The fourth-order valence-electron chi connectivity index (χ4n) is 1.25. The summed E-state index contributed by atoms with van der Waals surface area (Å²) >= 11 is 0. The quantitative estimate of drug-likeness (QED) is 0.328. The molecule has 1 aromatic rings. The second-order valence-corrected chi connectivity index (χ2v) is 6.83. The molecule has 10 nitrogen and oxygen atoms in total. The first kappa shape index (κ1) is 21.6. The predicted molar refractivity (Wildman–Crippen MR) is 83.1 cm³/mol. The molecule has 0 spiro atoms. The molecule has 0 amide bonds. The number of nitrogens with two attached hydrogens (primary N) is 1. The Morgan fingerprint density at radius 2 is 2.04 bits per heavy atom. The monoisotopic (exact) mass is 353 g/mol. The molecule has 0 unspecified atom stereocenters. The number of ether oxygens (including phenoxy) is 1. The molecular weight excluding hydrogens is 327 g/mol. The Morgan fingerprint density at radius 1 is 1.43 bits per heavy atom. The fourth-order valence-corrected chi connectivity index (χ4v) is 1.59. The molecule has 0 aliphatic heterocycles. The van der Waals surface area contributed by atoms with Crippen LogP contribution in [0.25, 0.3) is 0 Å². The van der Waals surface area contributed by atoms with Gasteiger partial charge in [-0.1, -0.05) is 0 Å². The van der Waals surface area contributed by atoms with Crippen molar-refractivity contribution in [3.05, 3.63) is 18.2 Å². The van der Waals surface area contributed by atoms with Crippen LogP contribution in [0, 0.1) is 0 Å². The van der Waals surface area contributed by atoms with Crippen molar-refractivity contribution in [2.75, 3.05) is 40.8 Å². The van der Waals surface area contributed by atoms with Crippen LogP contribution < -0.4 is 10.4 Å². The van der Waals surface area contributed by atoms with Crippen molar-refractivity contribution in [1.82, 2.24) is 9.71 Å². The van der Waals surface area contributed by atoms with E-state index < -0.39 is 7.82 Å². The van der Waals surface area contributed by atoms with Gasteiger partial charge >= 0.3 is 13.8 Å². The van der Waals surface area contributed by atoms with E-state index in [1.165, 1.54) is 19.4 Å². The van der Waals surface area contributed by atoms with Crippen molar-refractivity contribution < 1.29 is 33.0 Å². The van der Waals surface area contributed by atoms with E-state index in [1.807, 2.05) is 0 Å². The highest BCUT2D eigenvalue weighted by atomic mass is 31.2. The number of likely N-dealkylation sites (N-methyl/N-ethyl adjacent to an activating group) is 1. The summed E-state index contributed by atoms with van der Waals surface area (Å²) in [5.74, 6) is -0.201. The maximum absolute atomic E-state index is 10.4. The van der Waals surface area contributed by atoms with Crippen LogP contribution in [-0.2, 0) is 20.5 Å². The van der Waals surface area contributed by atoms with Gasteiger partial charge in [0.2, 0.25) is 0 Å². The number of carbonyl (C=O) groups excluding carboxylic acids is 1. The fraction of sp³-hybridized carbons (Fsp3) is 0.667. The average Bonchev–Trinajstić information content (AvgIpc) is 2.73. The number of hydrogen-bond donors (Lipinski definition) is 3. The zero-order valence-electron chi connectivity index (χ0n) is 13.9. The van der Waals surface area contributed by atoms with E-state index in [4.69, 9.17) is 20.3 Å². The van der Waals surface area contributed by atoms with Crippen LogP contribution in [0.1, 0.15) is 12.6 Å². The lowest BCUT2D eigenvalue weighted by atomic mass is 10.3. The third-order valence-corrected chi connectivity index (χ3v) is 2.68. The first-order chi connectivity index (χ1) is 10.4. The minimum Gasteiger partial charge on any atom is -0.460 e. The summed E-state index contributed by atoms with van der Waals surface area (Å²) in [6, 6.07) is 0. The van der Waals surface area contributed by atoms with Gasteiger partial charge in [-0.2, -0.15) is 4.73 Å². The third-order valence-electron chi connectivity index (χ3n) is 2.28. The highest BCUT2D eigenvalue weighted by Gasteiger charge is 2.16. The Hall–Kier alpha value is -1.45. The number of imidazole rings is 1. The van der Waals surface area contributed by atoms with Crippen molar-refractivity contribution in [2.45, 2.75) is 13.3 Å². The Labute approximate surface area is 135 Å². The summed E-state index contributed by atoms with van der Waals surface area (Å²) in [6.07, 6.45) is 3.08. The molecule has 0 fully saturated rings. The molecule has 11 heteroatoms. The lowest BCUT2D eigenvalue weighted by Gasteiger charge is -2.23. The number of rotatable bonds is 7. The molecule has 134 valence electrons. The Bertz CT molecular complexity index is 522. The largest absolute Gasteiger partial charge is 0.543 e. The maximum atomic E-state index is 10.4. The zero-order valence-corrected chi connectivity index (χ0v) is 14.8. The second-order valence-electron chi connectivity index (χ2n) is 5.69. The smallest absolute Gasteiger partial charge is 0.460 e. The predicted octanol–water partition coefficient (Wildman–Crippen LogP) is -0.839. The number of phosphoric acid groups is 1. The van der Waals surface area contributed by atoms with Gasteiger partial charge in [-0.25, -0.2) is 9.55 Å². The summed E-state index contributed by atoms with van der Waals surface area (Å²) in [6.45, 7) is 3.22. The summed E-state index contributed by atoms with van der Waals surface area (Å²) in [5, 5.41) is 0. The van der Waals surface area contributed by atoms with E-state index >= 15 is 0 Å². The number of carbonyl (C=O) groups is 1. The minimum absolute atomic E-state index is 0.201. The van der Waals surface area contributed by atoms with Crippen LogP contribution in [-0.4, -0.2) is 70.8 Å². The van der Waals surface area contributed by atoms with Gasteiger partial charge in [0.05, 0.1) is 33.0 Å². The van der Waals surface area contributed by atoms with E-state index in [-0.39, 0.29) is 5.97 Å². The van der Waals surface area contributed by atoms with Crippen LogP contribution in [0.4, 0.5) is 0 Å². The van der Waals surface area contributed by atoms with Crippen LogP contribution in [0.15, 0.2) is 12.5 Å². The molecule has 0 saturated heterocycles. The lowest BCUT2D eigenvalue weighted by molar-refractivity contribution is -0.870. The highest BCUT2D eigenvalue weighted by Crippen LogP contribution is 2.31. The highest BCUT2D eigenvalue weighted by molar-refractivity contribution is 7.46. The summed E-state index contributed by atoms with van der Waals surface area (Å²) in [4.78, 5) is 31.0. The molecule has 23 heavy (non-hydrogen) atoms. The topological polar surface area (TPSA) is 137 Å². The SMILES string of the molecule is CC(=O)OCC[N+](C)(C)C.NCCc1cn(OP(=O)(O)O)cn1. The number of nitrogens with zero attached hydrogens (tertiary/aromatic N) is 3. The first-order valence-corrected chi connectivity index (χ1v) is 8.38. The van der Waals surface area contributed by atoms with Crippen LogP contribution in [0.3, 0.4) is 0 Å². The van der Waals surface area contributed by atoms with E-state index in [1.54, 1.807) is 0 Å². The van der Waals surface area contributed by atoms with Crippen molar-refractivity contribution in [3.63, 3.8) is 0 Å². The summed E-state index contributed by atoms with van der Waals surface area (Å²) in [5.41, 5.74) is 5.87. The third kappa shape index (κ3) is 13.9. The van der Waals surface area contributed by atoms with E-state index in [9.17, 15) is 9.36 Å². The first-order valence-electron chi connectivity index (χ1n) is 6.85. The molecule has 0 bridgehead atoms. The Kier molecular flexibility index (Phi) is 9.03. The van der Waals surface area contributed by atoms with Gasteiger partial charge in [-0.05, 0) is 6.54 Å². The molecule has 0 aliphatic carbocycles. The maximum Gasteiger partial charge on any atom is 0.543 e. The van der Waals surface area contributed by atoms with Crippen LogP contribution in [0.5, 0.6) is 0 Å². The van der Waals surface area contributed by atoms with Gasteiger partial charge in [0.15, 0.2) is 0 Å². The van der Waals surface area contributed by atoms with Crippen molar-refractivity contribution in [3.8, 4) is 0 Å². The van der Waals surface area contributed by atoms with Gasteiger partial charge in [0.1, 0.15) is 19.5 Å². The molecule has 1 heterocycles. The van der Waals surface area contributed by atoms with E-state index in [0.29, 0.717) is 25.3 Å². The van der Waals surface area contributed by atoms with Crippen LogP contribution >= 0.6 is 7.82 Å². The zero-order chi connectivity index (χ0) is 18.1. The lowest BCUT2D eigenvalue weighted by Crippen LogP contribution is -2.37. The molecular formula is C12H26N4O6P+. The molecule has 0 radical (unpaired) electrons. The number of esters is 1. The van der Waals surface area contributed by atoms with Gasteiger partial charge in [-0.3, -0.25) is 14.6 Å². The normalized spacial score (nSPS) is 11.4. The summed E-state index contributed by atoms with van der Waals surface area (Å²) in [7, 11) is 1.68. The Morgan fingerprint density at radius 3 is 2.48 bits per heavy atom. The van der Waals surface area contributed by atoms with Gasteiger partial charge in [-0.15, -0.1) is 0 Å². The second kappa shape index (κ2) is 9.64. The average molecular weight is 353 g/mol. The van der Waals surface area contributed by atoms with E-state index in [0.717, 1.165) is 15.8 Å². The number of aromatic nitrogens is 2. The molecule has 0 saturated carbocycles. The standard InChI is InChI=1S/C7H16NO2.C5H10N3O4P/c1-7(9)10-6-5-8(2,3)4;6-2-1-5-3-8(4-7-5)12-13(9,10)11/h5-6H2,1-4H3;3-4H,1-2,6H2,(H2,9,10,11)/q+1;. The molecule has 0 aromatic carbocycles.